The molecule has 1 fully saturated rings. The van der Waals surface area contributed by atoms with E-state index in [-0.39, 0.29) is 17.9 Å². The van der Waals surface area contributed by atoms with Crippen LogP contribution in [0.1, 0.15) is 18.4 Å². The zero-order chi connectivity index (χ0) is 19.9. The van der Waals surface area contributed by atoms with Crippen LogP contribution in [-0.2, 0) is 11.3 Å². The molecule has 2 N–H and O–H groups in total. The van der Waals surface area contributed by atoms with Crippen LogP contribution in [0.15, 0.2) is 53.0 Å². The molecule has 1 aliphatic heterocycles. The number of para-hydroxylation sites is 1. The minimum atomic E-state index is -0.208. The second-order valence-corrected chi connectivity index (χ2v) is 7.67. The molecule has 1 unspecified atom stereocenters. The van der Waals surface area contributed by atoms with Gasteiger partial charge in [-0.1, -0.05) is 34.1 Å². The topological polar surface area (TPSA) is 70.7 Å². The average Bonchev–Trinajstić information content (AvgIpc) is 2.73. The monoisotopic (exact) mass is 445 g/mol. The number of nitrogens with zero attached hydrogens (tertiary/aromatic N) is 1. The molecule has 0 spiro atoms. The predicted molar refractivity (Wildman–Crippen MR) is 112 cm³/mol. The highest BCUT2D eigenvalue weighted by Gasteiger charge is 2.28. The second-order valence-electron chi connectivity index (χ2n) is 6.76. The summed E-state index contributed by atoms with van der Waals surface area (Å²) in [6, 6.07) is 14.9. The molecule has 1 saturated heterocycles. The molecule has 0 aliphatic carbocycles. The number of benzene rings is 2. The molecular formula is C21H24BrN3O3. The summed E-state index contributed by atoms with van der Waals surface area (Å²) >= 11 is 3.44. The van der Waals surface area contributed by atoms with E-state index >= 15 is 0 Å². The number of urea groups is 1. The molecule has 28 heavy (non-hydrogen) atoms. The fraction of sp³-hybridized carbons (Fsp3) is 0.333. The Labute approximate surface area is 173 Å². The lowest BCUT2D eigenvalue weighted by Crippen LogP contribution is -2.47. The van der Waals surface area contributed by atoms with Gasteiger partial charge in [-0.2, -0.15) is 0 Å². The Hall–Kier alpha value is -2.54. The zero-order valence-corrected chi connectivity index (χ0v) is 17.4. The largest absolute Gasteiger partial charge is 0.496 e. The number of hydrogen-bond donors (Lipinski definition) is 2. The first-order chi connectivity index (χ1) is 13.6. The lowest BCUT2D eigenvalue weighted by Gasteiger charge is -2.32. The van der Waals surface area contributed by atoms with Gasteiger partial charge >= 0.3 is 6.03 Å². The summed E-state index contributed by atoms with van der Waals surface area (Å²) in [5, 5.41) is 5.87. The maximum absolute atomic E-state index is 12.6. The van der Waals surface area contributed by atoms with E-state index in [9.17, 15) is 9.59 Å². The zero-order valence-electron chi connectivity index (χ0n) is 15.8. The summed E-state index contributed by atoms with van der Waals surface area (Å²) in [6.45, 7) is 1.43. The molecule has 0 saturated carbocycles. The van der Waals surface area contributed by atoms with Crippen LogP contribution in [0.2, 0.25) is 0 Å². The van der Waals surface area contributed by atoms with Crippen LogP contribution in [0.5, 0.6) is 5.75 Å². The summed E-state index contributed by atoms with van der Waals surface area (Å²) in [4.78, 5) is 26.9. The van der Waals surface area contributed by atoms with Gasteiger partial charge in [-0.05, 0) is 43.2 Å². The molecule has 6 nitrogen and oxygen atoms in total. The highest BCUT2D eigenvalue weighted by molar-refractivity contribution is 9.10. The summed E-state index contributed by atoms with van der Waals surface area (Å²) in [6.07, 6.45) is 1.59. The van der Waals surface area contributed by atoms with Crippen molar-refractivity contribution in [3.63, 3.8) is 0 Å². The van der Waals surface area contributed by atoms with Gasteiger partial charge in [0.15, 0.2) is 0 Å². The van der Waals surface area contributed by atoms with E-state index in [2.05, 4.69) is 26.6 Å². The van der Waals surface area contributed by atoms with Crippen LogP contribution in [0.4, 0.5) is 10.5 Å². The number of rotatable bonds is 5. The van der Waals surface area contributed by atoms with Crippen molar-refractivity contribution >= 4 is 33.6 Å². The number of carbonyl (C=O) groups excluding carboxylic acids is 2. The number of hydrogen-bond acceptors (Lipinski definition) is 3. The summed E-state index contributed by atoms with van der Waals surface area (Å²) in [5.41, 5.74) is 1.66. The van der Waals surface area contributed by atoms with Gasteiger partial charge in [0, 0.05) is 35.4 Å². The predicted octanol–water partition coefficient (Wildman–Crippen LogP) is 4.02. The molecule has 0 bridgehead atoms. The number of piperidine rings is 1. The van der Waals surface area contributed by atoms with Crippen molar-refractivity contribution in [1.29, 1.82) is 0 Å². The molecule has 1 heterocycles. The van der Waals surface area contributed by atoms with Crippen molar-refractivity contribution < 1.29 is 14.3 Å². The Morgan fingerprint density at radius 3 is 2.75 bits per heavy atom. The van der Waals surface area contributed by atoms with E-state index in [1.165, 1.54) is 0 Å². The molecular weight excluding hydrogens is 422 g/mol. The van der Waals surface area contributed by atoms with Crippen molar-refractivity contribution in [3.05, 3.63) is 58.6 Å². The lowest BCUT2D eigenvalue weighted by atomic mass is 9.97. The fourth-order valence-corrected chi connectivity index (χ4v) is 3.72. The number of methoxy groups -OCH3 is 1. The van der Waals surface area contributed by atoms with Gasteiger partial charge in [0.25, 0.3) is 0 Å². The first-order valence-corrected chi connectivity index (χ1v) is 10.1. The summed E-state index contributed by atoms with van der Waals surface area (Å²) < 4.78 is 6.27. The maximum Gasteiger partial charge on any atom is 0.317 e. The van der Waals surface area contributed by atoms with Gasteiger partial charge in [-0.15, -0.1) is 0 Å². The minimum absolute atomic E-state index is 0.0441. The van der Waals surface area contributed by atoms with Crippen LogP contribution in [0, 0.1) is 5.92 Å². The Morgan fingerprint density at radius 2 is 2.00 bits per heavy atom. The maximum atomic E-state index is 12.6. The third kappa shape index (κ3) is 5.25. The van der Waals surface area contributed by atoms with Gasteiger partial charge < -0.3 is 20.3 Å². The van der Waals surface area contributed by atoms with Gasteiger partial charge in [0.05, 0.1) is 13.0 Å². The molecule has 2 aromatic rings. The van der Waals surface area contributed by atoms with Gasteiger partial charge in [0.2, 0.25) is 5.91 Å². The van der Waals surface area contributed by atoms with Crippen LogP contribution in [0.25, 0.3) is 0 Å². The van der Waals surface area contributed by atoms with Gasteiger partial charge in [0.1, 0.15) is 5.75 Å². The van der Waals surface area contributed by atoms with E-state index < -0.39 is 0 Å². The fourth-order valence-electron chi connectivity index (χ4n) is 3.31. The molecule has 7 heteroatoms. The third-order valence-corrected chi connectivity index (χ3v) is 5.29. The third-order valence-electron chi connectivity index (χ3n) is 4.79. The summed E-state index contributed by atoms with van der Waals surface area (Å²) in [7, 11) is 1.61. The molecule has 148 valence electrons. The summed E-state index contributed by atoms with van der Waals surface area (Å²) in [5.74, 6) is 0.472. The van der Waals surface area contributed by atoms with Crippen LogP contribution in [0.3, 0.4) is 0 Å². The second kappa shape index (κ2) is 9.59. The van der Waals surface area contributed by atoms with E-state index in [0.717, 1.165) is 34.3 Å². The van der Waals surface area contributed by atoms with Gasteiger partial charge in [-0.25, -0.2) is 4.79 Å². The Bertz CT molecular complexity index is 829. The number of carbonyl (C=O) groups is 2. The number of anilines is 1. The highest BCUT2D eigenvalue weighted by atomic mass is 79.9. The lowest BCUT2D eigenvalue weighted by molar-refractivity contribution is -0.121. The van der Waals surface area contributed by atoms with Crippen LogP contribution < -0.4 is 15.4 Å². The SMILES string of the molecule is COc1ccc(Br)cc1CNC(=O)N1CCCC(C(=O)Nc2ccccc2)C1. The molecule has 3 amide bonds. The van der Waals surface area contributed by atoms with Crippen molar-refractivity contribution in [3.8, 4) is 5.75 Å². The van der Waals surface area contributed by atoms with E-state index in [0.29, 0.717) is 19.6 Å². The van der Waals surface area contributed by atoms with E-state index in [4.69, 9.17) is 4.74 Å². The molecule has 0 aromatic heterocycles. The Balaban J connectivity index is 1.55. The van der Waals surface area contributed by atoms with E-state index in [1.807, 2.05) is 48.5 Å². The molecule has 2 aromatic carbocycles. The molecule has 0 radical (unpaired) electrons. The highest BCUT2D eigenvalue weighted by Crippen LogP contribution is 2.23. The van der Waals surface area contributed by atoms with Crippen molar-refractivity contribution in [2.75, 3.05) is 25.5 Å². The number of halogens is 1. The quantitative estimate of drug-likeness (QED) is 0.729. The number of nitrogens with one attached hydrogen (secondary N) is 2. The van der Waals surface area contributed by atoms with Crippen molar-refractivity contribution in [2.45, 2.75) is 19.4 Å². The average molecular weight is 446 g/mol. The number of likely N-dealkylation sites (tertiary alicyclic amines) is 1. The van der Waals surface area contributed by atoms with Crippen molar-refractivity contribution in [2.24, 2.45) is 5.92 Å². The number of amides is 3. The number of ether oxygens (including phenoxy) is 1. The van der Waals surface area contributed by atoms with Crippen LogP contribution in [-0.4, -0.2) is 37.0 Å². The standard InChI is InChI=1S/C21H24BrN3O3/c1-28-19-10-9-17(22)12-16(19)13-23-21(27)25-11-5-6-15(14-25)20(26)24-18-7-3-2-4-8-18/h2-4,7-10,12,15H,5-6,11,13-14H2,1H3,(H,23,27)(H,24,26). The van der Waals surface area contributed by atoms with E-state index in [1.54, 1.807) is 12.0 Å². The van der Waals surface area contributed by atoms with Crippen molar-refractivity contribution in [1.82, 2.24) is 10.2 Å². The molecule has 1 atom stereocenters. The molecule has 3 rings (SSSR count). The normalized spacial score (nSPS) is 16.4. The van der Waals surface area contributed by atoms with Crippen LogP contribution >= 0.6 is 15.9 Å². The van der Waals surface area contributed by atoms with Gasteiger partial charge in [-0.3, -0.25) is 4.79 Å². The Morgan fingerprint density at radius 1 is 1.21 bits per heavy atom. The first kappa shape index (κ1) is 20.2. The minimum Gasteiger partial charge on any atom is -0.496 e. The molecule has 1 aliphatic rings. The smallest absolute Gasteiger partial charge is 0.317 e. The first-order valence-electron chi connectivity index (χ1n) is 9.28. The Kier molecular flexibility index (Phi) is 6.92.